The lowest BCUT2D eigenvalue weighted by Gasteiger charge is -2.56. The van der Waals surface area contributed by atoms with E-state index in [9.17, 15) is 19.2 Å². The Hall–Kier alpha value is -3.79. The summed E-state index contributed by atoms with van der Waals surface area (Å²) in [7, 11) is 0. The minimum Gasteiger partial charge on any atom is -0.467 e. The van der Waals surface area contributed by atoms with E-state index in [-0.39, 0.29) is 48.9 Å². The van der Waals surface area contributed by atoms with E-state index in [0.29, 0.717) is 56.3 Å². The number of carbonyl (C=O) groups is 4. The highest BCUT2D eigenvalue weighted by molar-refractivity contribution is 6.31. The van der Waals surface area contributed by atoms with E-state index in [4.69, 9.17) is 16.0 Å². The molecule has 3 fully saturated rings. The summed E-state index contributed by atoms with van der Waals surface area (Å²) in [6.07, 6.45) is 4.90. The molecule has 2 N–H and O–H groups in total. The van der Waals surface area contributed by atoms with Gasteiger partial charge in [-0.3, -0.25) is 19.2 Å². The maximum absolute atomic E-state index is 14.6. The summed E-state index contributed by atoms with van der Waals surface area (Å²) in [4.78, 5) is 63.9. The number of aromatic nitrogens is 1. The van der Waals surface area contributed by atoms with Gasteiger partial charge in [0.15, 0.2) is 0 Å². The van der Waals surface area contributed by atoms with Crippen LogP contribution in [0.5, 0.6) is 0 Å². The van der Waals surface area contributed by atoms with Crippen LogP contribution < -0.4 is 5.32 Å². The normalized spacial score (nSPS) is 25.1. The number of benzene rings is 1. The Morgan fingerprint density at radius 2 is 1.82 bits per heavy atom. The van der Waals surface area contributed by atoms with Crippen LogP contribution in [0.15, 0.2) is 41.0 Å². The van der Waals surface area contributed by atoms with Gasteiger partial charge in [0.25, 0.3) is 0 Å². The topological polar surface area (TPSA) is 119 Å². The third-order valence-corrected chi connectivity index (χ3v) is 10.5. The zero-order valence-corrected chi connectivity index (χ0v) is 25.7. The predicted octanol–water partition coefficient (Wildman–Crippen LogP) is 3.83. The number of H-pyrrole nitrogens is 1. The van der Waals surface area contributed by atoms with E-state index >= 15 is 0 Å². The number of halogens is 1. The molecule has 4 aliphatic rings. The first-order valence-corrected chi connectivity index (χ1v) is 16.2. The van der Waals surface area contributed by atoms with Gasteiger partial charge in [0, 0.05) is 72.6 Å². The van der Waals surface area contributed by atoms with Gasteiger partial charge in [-0.15, -0.1) is 0 Å². The monoisotopic (exact) mass is 619 g/mol. The number of aromatic amines is 1. The standard InChI is InChI=1S/C33H38ClN5O5/c1-2-33-26(32(43)38-13-11-37(12-14-38)30(41)20-5-6-20)16-21(17-28(40)35-19-23-4-3-15-44-23)31(42)39(33)10-9-24-25-18-22(34)7-8-27(25)36-29(24)33/h3-4,7-8,15,18,20-21,26,36H,2,5-6,9-14,16-17,19H2,1H3,(H,35,40)/t21-,26-,33+/m1/s1. The number of nitrogens with zero attached hydrogens (tertiary/aromatic N) is 3. The van der Waals surface area contributed by atoms with Crippen molar-refractivity contribution in [2.75, 3.05) is 32.7 Å². The molecule has 1 aromatic carbocycles. The van der Waals surface area contributed by atoms with Crippen molar-refractivity contribution in [2.45, 2.75) is 57.5 Å². The van der Waals surface area contributed by atoms with Gasteiger partial charge in [-0.05, 0) is 68.0 Å². The predicted molar refractivity (Wildman–Crippen MR) is 163 cm³/mol. The quantitative estimate of drug-likeness (QED) is 0.417. The van der Waals surface area contributed by atoms with Gasteiger partial charge < -0.3 is 29.4 Å². The molecule has 232 valence electrons. The van der Waals surface area contributed by atoms with Gasteiger partial charge in [0.2, 0.25) is 23.6 Å². The third-order valence-electron chi connectivity index (χ3n) is 10.2. The van der Waals surface area contributed by atoms with E-state index < -0.39 is 17.4 Å². The molecule has 7 rings (SSSR count). The van der Waals surface area contributed by atoms with Crippen LogP contribution in [0.4, 0.5) is 0 Å². The molecule has 0 spiro atoms. The minimum atomic E-state index is -0.880. The highest BCUT2D eigenvalue weighted by Gasteiger charge is 2.59. The van der Waals surface area contributed by atoms with Crippen LogP contribution >= 0.6 is 11.6 Å². The minimum absolute atomic E-state index is 0.00154. The molecule has 1 saturated carbocycles. The molecule has 2 aromatic heterocycles. The van der Waals surface area contributed by atoms with Crippen LogP contribution in [0.25, 0.3) is 10.9 Å². The number of amides is 4. The molecule has 3 aliphatic heterocycles. The van der Waals surface area contributed by atoms with E-state index in [1.165, 1.54) is 0 Å². The van der Waals surface area contributed by atoms with Crippen LogP contribution in [0.1, 0.15) is 56.0 Å². The van der Waals surface area contributed by atoms with Crippen LogP contribution in [0.2, 0.25) is 5.02 Å². The average molecular weight is 620 g/mol. The molecule has 3 atom stereocenters. The number of hydrogen-bond acceptors (Lipinski definition) is 5. The van der Waals surface area contributed by atoms with E-state index in [1.807, 2.05) is 39.8 Å². The number of carbonyl (C=O) groups excluding carboxylic acids is 4. The summed E-state index contributed by atoms with van der Waals surface area (Å²) in [5.74, 6) is -0.562. The van der Waals surface area contributed by atoms with Gasteiger partial charge in [0.05, 0.1) is 24.3 Å². The van der Waals surface area contributed by atoms with Crippen molar-refractivity contribution in [3.8, 4) is 0 Å². The molecular weight excluding hydrogens is 582 g/mol. The summed E-state index contributed by atoms with van der Waals surface area (Å²) >= 11 is 6.40. The molecule has 2 saturated heterocycles. The number of rotatable bonds is 7. The lowest BCUT2D eigenvalue weighted by atomic mass is 9.65. The second-order valence-corrected chi connectivity index (χ2v) is 13.1. The van der Waals surface area contributed by atoms with Crippen LogP contribution in [-0.4, -0.2) is 76.0 Å². The summed E-state index contributed by atoms with van der Waals surface area (Å²) in [6, 6.07) is 9.29. The van der Waals surface area contributed by atoms with Crippen molar-refractivity contribution in [1.82, 2.24) is 25.0 Å². The Kier molecular flexibility index (Phi) is 7.43. The summed E-state index contributed by atoms with van der Waals surface area (Å²) in [5, 5.41) is 4.53. The largest absolute Gasteiger partial charge is 0.467 e. The maximum atomic E-state index is 14.6. The molecular formula is C33H38ClN5O5. The summed E-state index contributed by atoms with van der Waals surface area (Å²) in [6.45, 7) is 4.70. The fourth-order valence-electron chi connectivity index (χ4n) is 7.82. The summed E-state index contributed by atoms with van der Waals surface area (Å²) < 4.78 is 5.34. The lowest BCUT2D eigenvalue weighted by molar-refractivity contribution is -0.167. The van der Waals surface area contributed by atoms with Gasteiger partial charge >= 0.3 is 0 Å². The fourth-order valence-corrected chi connectivity index (χ4v) is 7.99. The highest BCUT2D eigenvalue weighted by atomic mass is 35.5. The van der Waals surface area contributed by atoms with Crippen LogP contribution in [0, 0.1) is 17.8 Å². The van der Waals surface area contributed by atoms with Crippen LogP contribution in [-0.2, 0) is 37.7 Å². The Morgan fingerprint density at radius 1 is 1.07 bits per heavy atom. The van der Waals surface area contributed by atoms with Crippen molar-refractivity contribution >= 4 is 46.1 Å². The van der Waals surface area contributed by atoms with Crippen molar-refractivity contribution in [3.05, 3.63) is 58.6 Å². The number of piperazine rings is 1. The summed E-state index contributed by atoms with van der Waals surface area (Å²) in [5.41, 5.74) is 2.05. The third kappa shape index (κ3) is 4.87. The zero-order chi connectivity index (χ0) is 30.6. The first-order valence-electron chi connectivity index (χ1n) is 15.8. The Bertz CT molecular complexity index is 1610. The van der Waals surface area contributed by atoms with Crippen molar-refractivity contribution < 1.29 is 23.6 Å². The molecule has 44 heavy (non-hydrogen) atoms. The number of nitrogens with one attached hydrogen (secondary N) is 2. The van der Waals surface area contributed by atoms with Crippen molar-refractivity contribution in [2.24, 2.45) is 17.8 Å². The molecule has 1 aliphatic carbocycles. The number of furan rings is 1. The fraction of sp³-hybridized carbons (Fsp3) is 0.515. The first-order chi connectivity index (χ1) is 21.3. The molecule has 10 nitrogen and oxygen atoms in total. The number of piperidine rings is 1. The second-order valence-electron chi connectivity index (χ2n) is 12.7. The second kappa shape index (κ2) is 11.3. The average Bonchev–Trinajstić information content (AvgIpc) is 3.63. The van der Waals surface area contributed by atoms with Gasteiger partial charge in [-0.1, -0.05) is 18.5 Å². The van der Waals surface area contributed by atoms with Gasteiger partial charge in [0.1, 0.15) is 5.76 Å². The molecule has 0 radical (unpaired) electrons. The Morgan fingerprint density at radius 3 is 2.50 bits per heavy atom. The maximum Gasteiger partial charge on any atom is 0.228 e. The SMILES string of the molecule is CC[C@]12c3[nH]c4ccc(Cl)cc4c3CCN1C(=O)[C@@H](CC(=O)NCc1ccco1)C[C@@H]2C(=O)N1CCN(C(=O)C2CC2)CC1. The number of hydrogen-bond donors (Lipinski definition) is 2. The molecule has 5 heterocycles. The van der Waals surface area contributed by atoms with E-state index in [1.54, 1.807) is 18.4 Å². The van der Waals surface area contributed by atoms with Crippen LogP contribution in [0.3, 0.4) is 0 Å². The molecule has 0 unspecified atom stereocenters. The lowest BCUT2D eigenvalue weighted by Crippen LogP contribution is -2.66. The van der Waals surface area contributed by atoms with E-state index in [0.717, 1.165) is 35.0 Å². The van der Waals surface area contributed by atoms with Gasteiger partial charge in [-0.2, -0.15) is 0 Å². The van der Waals surface area contributed by atoms with E-state index in [2.05, 4.69) is 10.3 Å². The first kappa shape index (κ1) is 29.0. The number of fused-ring (bicyclic) bond motifs is 5. The van der Waals surface area contributed by atoms with Gasteiger partial charge in [-0.25, -0.2) is 0 Å². The molecule has 4 amide bonds. The van der Waals surface area contributed by atoms with Crippen molar-refractivity contribution in [1.29, 1.82) is 0 Å². The highest BCUT2D eigenvalue weighted by Crippen LogP contribution is 2.52. The zero-order valence-electron chi connectivity index (χ0n) is 24.9. The smallest absolute Gasteiger partial charge is 0.228 e. The van der Waals surface area contributed by atoms with Crippen molar-refractivity contribution in [3.63, 3.8) is 0 Å². The molecule has 0 bridgehead atoms. The molecule has 11 heteroatoms. The molecule has 3 aromatic rings. The Labute approximate surface area is 261 Å². The Balaban J connectivity index is 1.21.